The Kier molecular flexibility index (Phi) is 4.55. The third-order valence-corrected chi connectivity index (χ3v) is 5.38. The molecule has 0 bridgehead atoms. The van der Waals surface area contributed by atoms with Gasteiger partial charge in [0.25, 0.3) is 0 Å². The lowest BCUT2D eigenvalue weighted by atomic mass is 9.91. The van der Waals surface area contributed by atoms with E-state index >= 15 is 0 Å². The van der Waals surface area contributed by atoms with E-state index in [1.807, 2.05) is 43.3 Å². The maximum Gasteiger partial charge on any atom is 0.413 e. The van der Waals surface area contributed by atoms with Gasteiger partial charge < -0.3 is 14.8 Å². The molecule has 0 aliphatic carbocycles. The second-order valence-corrected chi connectivity index (χ2v) is 7.13. The van der Waals surface area contributed by atoms with E-state index in [4.69, 9.17) is 9.47 Å². The smallest absolute Gasteiger partial charge is 0.413 e. The molecule has 2 aromatic carbocycles. The molecular formula is C21H24N2O3. The standard InChI is InChI=1S/C21H24N2O3/c1-14(15-7-4-3-5-8-15)22-21(24)26-18-10-6-9-17-19-16(11-12-23(19)2)13-25-20(17)18/h3-10,14,16,19H,11-13H2,1-2H3,(H,22,24)/t14-,16+,19+/m1/s1. The third kappa shape index (κ3) is 3.15. The molecule has 1 amide bonds. The molecule has 5 heteroatoms. The summed E-state index contributed by atoms with van der Waals surface area (Å²) in [6, 6.07) is 15.8. The molecule has 2 aromatic rings. The van der Waals surface area contributed by atoms with Gasteiger partial charge in [-0.25, -0.2) is 4.79 Å². The largest absolute Gasteiger partial charge is 0.489 e. The van der Waals surface area contributed by atoms with Crippen LogP contribution in [0.1, 0.15) is 36.6 Å². The van der Waals surface area contributed by atoms with Crippen LogP contribution < -0.4 is 14.8 Å². The molecule has 1 saturated heterocycles. The fraction of sp³-hybridized carbons (Fsp3) is 0.381. The highest BCUT2D eigenvalue weighted by Crippen LogP contribution is 2.47. The molecule has 2 heterocycles. The number of para-hydroxylation sites is 1. The fourth-order valence-corrected chi connectivity index (χ4v) is 4.01. The van der Waals surface area contributed by atoms with Crippen LogP contribution >= 0.6 is 0 Å². The van der Waals surface area contributed by atoms with Crippen molar-refractivity contribution < 1.29 is 14.3 Å². The van der Waals surface area contributed by atoms with Gasteiger partial charge in [-0.05, 0) is 38.6 Å². The van der Waals surface area contributed by atoms with E-state index in [-0.39, 0.29) is 6.04 Å². The highest BCUT2D eigenvalue weighted by molar-refractivity contribution is 5.72. The number of ether oxygens (including phenoxy) is 2. The summed E-state index contributed by atoms with van der Waals surface area (Å²) >= 11 is 0. The Balaban J connectivity index is 1.50. The van der Waals surface area contributed by atoms with E-state index in [1.54, 1.807) is 6.07 Å². The van der Waals surface area contributed by atoms with Crippen LogP contribution in [0.15, 0.2) is 48.5 Å². The maximum absolute atomic E-state index is 12.4. The van der Waals surface area contributed by atoms with Crippen molar-refractivity contribution in [3.05, 3.63) is 59.7 Å². The van der Waals surface area contributed by atoms with Gasteiger partial charge >= 0.3 is 6.09 Å². The molecule has 4 rings (SSSR count). The van der Waals surface area contributed by atoms with E-state index in [0.29, 0.717) is 30.1 Å². The maximum atomic E-state index is 12.4. The quantitative estimate of drug-likeness (QED) is 0.910. The van der Waals surface area contributed by atoms with Crippen LogP contribution in [-0.4, -0.2) is 31.2 Å². The summed E-state index contributed by atoms with van der Waals surface area (Å²) in [4.78, 5) is 14.7. The number of hydrogen-bond donors (Lipinski definition) is 1. The van der Waals surface area contributed by atoms with Gasteiger partial charge in [-0.15, -0.1) is 0 Å². The molecule has 0 unspecified atom stereocenters. The topological polar surface area (TPSA) is 50.8 Å². The molecule has 3 atom stereocenters. The van der Waals surface area contributed by atoms with E-state index in [0.717, 1.165) is 24.1 Å². The van der Waals surface area contributed by atoms with Crippen molar-refractivity contribution in [2.75, 3.05) is 20.2 Å². The number of amides is 1. The predicted octanol–water partition coefficient (Wildman–Crippen LogP) is 3.92. The van der Waals surface area contributed by atoms with E-state index in [2.05, 4.69) is 23.3 Å². The van der Waals surface area contributed by atoms with Gasteiger partial charge in [0.05, 0.1) is 12.6 Å². The van der Waals surface area contributed by atoms with Crippen LogP contribution in [0.2, 0.25) is 0 Å². The molecule has 26 heavy (non-hydrogen) atoms. The Morgan fingerprint density at radius 3 is 2.85 bits per heavy atom. The van der Waals surface area contributed by atoms with Crippen molar-refractivity contribution >= 4 is 6.09 Å². The molecule has 2 aliphatic heterocycles. The first-order chi connectivity index (χ1) is 12.6. The Hall–Kier alpha value is -2.53. The Morgan fingerprint density at radius 1 is 1.23 bits per heavy atom. The predicted molar refractivity (Wildman–Crippen MR) is 99.4 cm³/mol. The Bertz CT molecular complexity index is 793. The Morgan fingerprint density at radius 2 is 2.04 bits per heavy atom. The number of carbonyl (C=O) groups is 1. The number of likely N-dealkylation sites (tertiary alicyclic amines) is 1. The summed E-state index contributed by atoms with van der Waals surface area (Å²) in [5.41, 5.74) is 2.15. The normalized spacial score (nSPS) is 22.7. The lowest BCUT2D eigenvalue weighted by Crippen LogP contribution is -2.31. The van der Waals surface area contributed by atoms with Crippen LogP contribution in [0.4, 0.5) is 4.79 Å². The van der Waals surface area contributed by atoms with Crippen molar-refractivity contribution in [1.82, 2.24) is 10.2 Å². The molecule has 1 N–H and O–H groups in total. The van der Waals surface area contributed by atoms with Gasteiger partial charge in [0.1, 0.15) is 0 Å². The number of carbonyl (C=O) groups excluding carboxylic acids is 1. The monoisotopic (exact) mass is 352 g/mol. The molecule has 2 aliphatic rings. The summed E-state index contributed by atoms with van der Waals surface area (Å²) in [5, 5.41) is 2.88. The van der Waals surface area contributed by atoms with E-state index < -0.39 is 6.09 Å². The molecular weight excluding hydrogens is 328 g/mol. The minimum absolute atomic E-state index is 0.130. The molecule has 0 spiro atoms. The van der Waals surface area contributed by atoms with Gasteiger partial charge in [-0.1, -0.05) is 42.5 Å². The summed E-state index contributed by atoms with van der Waals surface area (Å²) < 4.78 is 11.6. The molecule has 5 nitrogen and oxygen atoms in total. The molecule has 0 aromatic heterocycles. The van der Waals surface area contributed by atoms with Crippen molar-refractivity contribution in [3.8, 4) is 11.5 Å². The zero-order valence-corrected chi connectivity index (χ0v) is 15.1. The summed E-state index contributed by atoms with van der Waals surface area (Å²) in [6.07, 6.45) is 0.668. The third-order valence-electron chi connectivity index (χ3n) is 5.38. The van der Waals surface area contributed by atoms with Gasteiger partial charge in [0.2, 0.25) is 0 Å². The number of nitrogens with one attached hydrogen (secondary N) is 1. The average Bonchev–Trinajstić information content (AvgIpc) is 3.04. The van der Waals surface area contributed by atoms with Crippen molar-refractivity contribution in [2.45, 2.75) is 25.4 Å². The Labute approximate surface area is 153 Å². The summed E-state index contributed by atoms with van der Waals surface area (Å²) in [5.74, 6) is 1.69. The highest BCUT2D eigenvalue weighted by atomic mass is 16.6. The summed E-state index contributed by atoms with van der Waals surface area (Å²) in [6.45, 7) is 3.67. The number of fused-ring (bicyclic) bond motifs is 3. The van der Waals surface area contributed by atoms with Crippen molar-refractivity contribution in [1.29, 1.82) is 0 Å². The highest BCUT2D eigenvalue weighted by Gasteiger charge is 2.39. The fourth-order valence-electron chi connectivity index (χ4n) is 4.01. The van der Waals surface area contributed by atoms with Crippen LogP contribution in [0.5, 0.6) is 11.5 Å². The number of nitrogens with zero attached hydrogens (tertiary/aromatic N) is 1. The molecule has 0 saturated carbocycles. The van der Waals surface area contributed by atoms with Crippen molar-refractivity contribution in [2.24, 2.45) is 5.92 Å². The van der Waals surface area contributed by atoms with E-state index in [9.17, 15) is 4.79 Å². The molecule has 136 valence electrons. The van der Waals surface area contributed by atoms with Crippen LogP contribution in [0, 0.1) is 5.92 Å². The lowest BCUT2D eigenvalue weighted by molar-refractivity contribution is 0.155. The zero-order valence-electron chi connectivity index (χ0n) is 15.1. The van der Waals surface area contributed by atoms with Crippen molar-refractivity contribution in [3.63, 3.8) is 0 Å². The minimum Gasteiger partial charge on any atom is -0.489 e. The second kappa shape index (κ2) is 7.00. The first-order valence-corrected chi connectivity index (χ1v) is 9.12. The first-order valence-electron chi connectivity index (χ1n) is 9.12. The van der Waals surface area contributed by atoms with E-state index in [1.165, 1.54) is 0 Å². The van der Waals surface area contributed by atoms with Gasteiger partial charge in [-0.3, -0.25) is 4.90 Å². The lowest BCUT2D eigenvalue weighted by Gasteiger charge is -2.32. The number of rotatable bonds is 3. The SMILES string of the molecule is C[C@@H](NC(=O)Oc1cccc2c1OC[C@@H]1CCN(C)[C@H]21)c1ccccc1. The van der Waals surface area contributed by atoms with Gasteiger partial charge in [0, 0.05) is 17.5 Å². The average molecular weight is 352 g/mol. The van der Waals surface area contributed by atoms with Gasteiger partial charge in [-0.2, -0.15) is 0 Å². The van der Waals surface area contributed by atoms with Crippen LogP contribution in [0.3, 0.4) is 0 Å². The molecule has 0 radical (unpaired) electrons. The summed E-state index contributed by atoms with van der Waals surface area (Å²) in [7, 11) is 2.14. The number of benzene rings is 2. The number of hydrogen-bond acceptors (Lipinski definition) is 4. The second-order valence-electron chi connectivity index (χ2n) is 7.13. The van der Waals surface area contributed by atoms with Crippen LogP contribution in [0.25, 0.3) is 0 Å². The molecule has 1 fully saturated rings. The van der Waals surface area contributed by atoms with Crippen LogP contribution in [-0.2, 0) is 0 Å². The zero-order chi connectivity index (χ0) is 18.1. The first kappa shape index (κ1) is 16.9. The van der Waals surface area contributed by atoms with Gasteiger partial charge in [0.15, 0.2) is 11.5 Å². The minimum atomic E-state index is -0.472.